The molecule has 1 rings (SSSR count). The van der Waals surface area contributed by atoms with Gasteiger partial charge in [-0.15, -0.1) is 11.8 Å². The van der Waals surface area contributed by atoms with Crippen molar-refractivity contribution < 1.29 is 14.7 Å². The van der Waals surface area contributed by atoms with Crippen LogP contribution in [0, 0.1) is 5.92 Å². The topological polar surface area (TPSA) is 69.6 Å². The van der Waals surface area contributed by atoms with Gasteiger partial charge in [-0.2, -0.15) is 0 Å². The van der Waals surface area contributed by atoms with Crippen molar-refractivity contribution in [2.75, 3.05) is 19.3 Å². The molecule has 0 aliphatic rings. The molecule has 0 heterocycles. The number of rotatable bonds is 8. The molecule has 0 aliphatic carbocycles. The standard InChI is InChI=1S/C16H24N2O3S/c1-4-13(11-22-14-8-6-5-7-9-14)17-16(21)18(3)10-12(2)15(19)20/h5-9,12-13H,4,10-11H2,1-3H3,(H,17,21)(H,19,20). The number of carbonyl (C=O) groups is 2. The Kier molecular flexibility index (Phi) is 7.80. The lowest BCUT2D eigenvalue weighted by molar-refractivity contribution is -0.141. The average molecular weight is 324 g/mol. The molecule has 0 aromatic heterocycles. The number of aliphatic carboxylic acids is 1. The number of urea groups is 1. The summed E-state index contributed by atoms with van der Waals surface area (Å²) < 4.78 is 0. The third kappa shape index (κ3) is 6.39. The van der Waals surface area contributed by atoms with Crippen LogP contribution in [0.5, 0.6) is 0 Å². The van der Waals surface area contributed by atoms with Crippen molar-refractivity contribution in [3.8, 4) is 0 Å². The molecule has 0 radical (unpaired) electrons. The maximum Gasteiger partial charge on any atom is 0.317 e. The SMILES string of the molecule is CCC(CSc1ccccc1)NC(=O)N(C)CC(C)C(=O)O. The number of carboxylic acids is 1. The third-order valence-electron chi connectivity index (χ3n) is 3.33. The number of hydrogen-bond donors (Lipinski definition) is 2. The summed E-state index contributed by atoms with van der Waals surface area (Å²) in [5, 5.41) is 11.8. The summed E-state index contributed by atoms with van der Waals surface area (Å²) in [6, 6.07) is 9.86. The van der Waals surface area contributed by atoms with Gasteiger partial charge in [-0.25, -0.2) is 4.79 Å². The smallest absolute Gasteiger partial charge is 0.317 e. The Morgan fingerprint density at radius 1 is 1.32 bits per heavy atom. The number of nitrogens with one attached hydrogen (secondary N) is 1. The quantitative estimate of drug-likeness (QED) is 0.721. The predicted molar refractivity (Wildman–Crippen MR) is 89.2 cm³/mol. The highest BCUT2D eigenvalue weighted by Crippen LogP contribution is 2.18. The minimum atomic E-state index is -0.897. The van der Waals surface area contributed by atoms with Gasteiger partial charge in [0.2, 0.25) is 0 Å². The molecule has 0 fully saturated rings. The molecular weight excluding hydrogens is 300 g/mol. The molecule has 122 valence electrons. The Morgan fingerprint density at radius 2 is 1.95 bits per heavy atom. The highest BCUT2D eigenvalue weighted by atomic mass is 32.2. The fourth-order valence-corrected chi connectivity index (χ4v) is 2.89. The lowest BCUT2D eigenvalue weighted by Crippen LogP contribution is -2.45. The first-order chi connectivity index (χ1) is 10.4. The molecule has 0 spiro atoms. The molecule has 5 nitrogen and oxygen atoms in total. The molecular formula is C16H24N2O3S. The van der Waals surface area contributed by atoms with E-state index in [1.165, 1.54) is 9.80 Å². The van der Waals surface area contributed by atoms with Crippen molar-refractivity contribution in [3.05, 3.63) is 30.3 Å². The number of nitrogens with zero attached hydrogens (tertiary/aromatic N) is 1. The lowest BCUT2D eigenvalue weighted by atomic mass is 10.2. The molecule has 2 atom stereocenters. The van der Waals surface area contributed by atoms with Gasteiger partial charge in [0.25, 0.3) is 0 Å². The number of amides is 2. The van der Waals surface area contributed by atoms with Gasteiger partial charge in [0.1, 0.15) is 0 Å². The van der Waals surface area contributed by atoms with E-state index in [9.17, 15) is 9.59 Å². The normalized spacial score (nSPS) is 13.2. The van der Waals surface area contributed by atoms with Gasteiger partial charge >= 0.3 is 12.0 Å². The van der Waals surface area contributed by atoms with Crippen molar-refractivity contribution in [3.63, 3.8) is 0 Å². The molecule has 1 aromatic carbocycles. The first-order valence-corrected chi connectivity index (χ1v) is 8.34. The van der Waals surface area contributed by atoms with Crippen LogP contribution in [0.4, 0.5) is 4.79 Å². The number of benzene rings is 1. The fraction of sp³-hybridized carbons (Fsp3) is 0.500. The molecule has 2 unspecified atom stereocenters. The second-order valence-corrected chi connectivity index (χ2v) is 6.39. The summed E-state index contributed by atoms with van der Waals surface area (Å²) in [5.41, 5.74) is 0. The number of carboxylic acid groups (broad SMARTS) is 1. The minimum absolute atomic E-state index is 0.0558. The zero-order valence-electron chi connectivity index (χ0n) is 13.3. The molecule has 0 saturated carbocycles. The third-order valence-corrected chi connectivity index (χ3v) is 4.51. The van der Waals surface area contributed by atoms with Crippen LogP contribution in [-0.4, -0.2) is 47.4 Å². The second-order valence-electron chi connectivity index (χ2n) is 5.30. The molecule has 22 heavy (non-hydrogen) atoms. The minimum Gasteiger partial charge on any atom is -0.481 e. The molecule has 6 heteroatoms. The number of carbonyl (C=O) groups excluding carboxylic acids is 1. The van der Waals surface area contributed by atoms with Crippen molar-refractivity contribution in [1.82, 2.24) is 10.2 Å². The molecule has 0 saturated heterocycles. The summed E-state index contributed by atoms with van der Waals surface area (Å²) in [7, 11) is 1.62. The molecule has 2 amide bonds. The monoisotopic (exact) mass is 324 g/mol. The molecule has 2 N–H and O–H groups in total. The maximum absolute atomic E-state index is 12.1. The van der Waals surface area contributed by atoms with Gasteiger partial charge in [-0.05, 0) is 18.6 Å². The predicted octanol–water partition coefficient (Wildman–Crippen LogP) is 2.92. The van der Waals surface area contributed by atoms with Gasteiger partial charge < -0.3 is 15.3 Å². The van der Waals surface area contributed by atoms with Crippen LogP contribution in [-0.2, 0) is 4.79 Å². The molecule has 1 aromatic rings. The van der Waals surface area contributed by atoms with Crippen LogP contribution in [0.25, 0.3) is 0 Å². The van der Waals surface area contributed by atoms with Crippen LogP contribution in [0.2, 0.25) is 0 Å². The van der Waals surface area contributed by atoms with Gasteiger partial charge in [0.05, 0.1) is 5.92 Å². The molecule has 0 aliphatic heterocycles. The van der Waals surface area contributed by atoms with Crippen LogP contribution in [0.15, 0.2) is 35.2 Å². The van der Waals surface area contributed by atoms with Gasteiger partial charge in [-0.3, -0.25) is 4.79 Å². The zero-order valence-corrected chi connectivity index (χ0v) is 14.1. The van der Waals surface area contributed by atoms with E-state index in [0.29, 0.717) is 0 Å². The van der Waals surface area contributed by atoms with Gasteiger partial charge in [-0.1, -0.05) is 32.0 Å². The van der Waals surface area contributed by atoms with Crippen molar-refractivity contribution in [2.24, 2.45) is 5.92 Å². The van der Waals surface area contributed by atoms with Crippen molar-refractivity contribution in [2.45, 2.75) is 31.2 Å². The van der Waals surface area contributed by atoms with Crippen molar-refractivity contribution >= 4 is 23.8 Å². The Balaban J connectivity index is 2.44. The van der Waals surface area contributed by atoms with E-state index < -0.39 is 11.9 Å². The largest absolute Gasteiger partial charge is 0.481 e. The van der Waals surface area contributed by atoms with Crippen LogP contribution >= 0.6 is 11.8 Å². The van der Waals surface area contributed by atoms with Gasteiger partial charge in [0.15, 0.2) is 0 Å². The summed E-state index contributed by atoms with van der Waals surface area (Å²) in [6.45, 7) is 3.81. The van der Waals surface area contributed by atoms with E-state index in [1.807, 2.05) is 37.3 Å². The zero-order chi connectivity index (χ0) is 16.5. The Labute approximate surface area is 136 Å². The summed E-state index contributed by atoms with van der Waals surface area (Å²) in [4.78, 5) is 25.5. The van der Waals surface area contributed by atoms with E-state index in [0.717, 1.165) is 12.2 Å². The Morgan fingerprint density at radius 3 is 2.50 bits per heavy atom. The first kappa shape index (κ1) is 18.4. The average Bonchev–Trinajstić information content (AvgIpc) is 2.51. The van der Waals surface area contributed by atoms with Gasteiger partial charge in [0, 0.05) is 30.3 Å². The molecule has 0 bridgehead atoms. The summed E-state index contributed by atoms with van der Waals surface area (Å²) in [5.74, 6) is -0.685. The van der Waals surface area contributed by atoms with E-state index in [-0.39, 0.29) is 18.6 Å². The lowest BCUT2D eigenvalue weighted by Gasteiger charge is -2.24. The van der Waals surface area contributed by atoms with E-state index in [1.54, 1.807) is 25.7 Å². The fourth-order valence-electron chi connectivity index (χ4n) is 1.83. The van der Waals surface area contributed by atoms with Crippen LogP contribution in [0.3, 0.4) is 0 Å². The Hall–Kier alpha value is -1.69. The van der Waals surface area contributed by atoms with E-state index in [4.69, 9.17) is 5.11 Å². The van der Waals surface area contributed by atoms with E-state index in [2.05, 4.69) is 5.32 Å². The summed E-state index contributed by atoms with van der Waals surface area (Å²) >= 11 is 1.70. The second kappa shape index (κ2) is 9.35. The maximum atomic E-state index is 12.1. The van der Waals surface area contributed by atoms with Crippen molar-refractivity contribution in [1.29, 1.82) is 0 Å². The Bertz CT molecular complexity index is 482. The number of hydrogen-bond acceptors (Lipinski definition) is 3. The number of thioether (sulfide) groups is 1. The van der Waals surface area contributed by atoms with E-state index >= 15 is 0 Å². The highest BCUT2D eigenvalue weighted by molar-refractivity contribution is 7.99. The summed E-state index contributed by atoms with van der Waals surface area (Å²) in [6.07, 6.45) is 0.827. The first-order valence-electron chi connectivity index (χ1n) is 7.36. The van der Waals surface area contributed by atoms with Crippen LogP contribution in [0.1, 0.15) is 20.3 Å². The van der Waals surface area contributed by atoms with Crippen LogP contribution < -0.4 is 5.32 Å². The highest BCUT2D eigenvalue weighted by Gasteiger charge is 2.19.